The predicted octanol–water partition coefficient (Wildman–Crippen LogP) is 4.61. The lowest BCUT2D eigenvalue weighted by atomic mass is 9.90. The molecule has 0 aliphatic rings. The van der Waals surface area contributed by atoms with Crippen LogP contribution in [0.2, 0.25) is 5.02 Å². The third-order valence-electron chi connectivity index (χ3n) is 4.12. The third kappa shape index (κ3) is 3.11. The van der Waals surface area contributed by atoms with Crippen LogP contribution in [0.5, 0.6) is 0 Å². The number of aryl methyl sites for hydroxylation is 1. The summed E-state index contributed by atoms with van der Waals surface area (Å²) >= 11 is 6.14. The maximum Gasteiger partial charge on any atom is 0.337 e. The minimum atomic E-state index is -0.612. The summed E-state index contributed by atoms with van der Waals surface area (Å²) in [6.07, 6.45) is 0. The Kier molecular flexibility index (Phi) is 4.87. The van der Waals surface area contributed by atoms with E-state index in [-0.39, 0.29) is 11.4 Å². The Labute approximate surface area is 156 Å². The fourth-order valence-electron chi connectivity index (χ4n) is 2.91. The maximum absolute atomic E-state index is 13.2. The number of carbonyl (C=O) groups is 2. The number of benzene rings is 2. The van der Waals surface area contributed by atoms with Crippen LogP contribution in [-0.2, 0) is 9.53 Å². The van der Waals surface area contributed by atoms with Crippen molar-refractivity contribution >= 4 is 39.8 Å². The Morgan fingerprint density at radius 2 is 1.77 bits per heavy atom. The maximum atomic E-state index is 13.2. The first-order chi connectivity index (χ1) is 12.4. The molecule has 0 aliphatic carbocycles. The summed E-state index contributed by atoms with van der Waals surface area (Å²) in [7, 11) is 1.27. The van der Waals surface area contributed by atoms with Crippen LogP contribution < -0.4 is 0 Å². The van der Waals surface area contributed by atoms with Gasteiger partial charge in [-0.2, -0.15) is 0 Å². The molecule has 0 radical (unpaired) electrons. The van der Waals surface area contributed by atoms with E-state index in [2.05, 4.69) is 11.6 Å². The summed E-state index contributed by atoms with van der Waals surface area (Å²) < 4.78 is 4.82. The van der Waals surface area contributed by atoms with Crippen molar-refractivity contribution in [2.75, 3.05) is 7.11 Å². The van der Waals surface area contributed by atoms with Crippen LogP contribution in [-0.4, -0.2) is 23.8 Å². The van der Waals surface area contributed by atoms with E-state index in [1.165, 1.54) is 7.11 Å². The van der Waals surface area contributed by atoms with Crippen molar-refractivity contribution in [2.24, 2.45) is 0 Å². The molecule has 1 heterocycles. The number of esters is 1. The van der Waals surface area contributed by atoms with Gasteiger partial charge in [0.05, 0.1) is 23.8 Å². The molecule has 0 bridgehead atoms. The van der Waals surface area contributed by atoms with Gasteiger partial charge in [0, 0.05) is 27.2 Å². The smallest absolute Gasteiger partial charge is 0.337 e. The van der Waals surface area contributed by atoms with E-state index in [0.29, 0.717) is 38.3 Å². The minimum Gasteiger partial charge on any atom is -0.465 e. The minimum absolute atomic E-state index is 0.0875. The standard InChI is InChI=1S/C21H16ClNO3/c1-12(21(25)26-3)18-16-11-15(22)9-10-17(16)23-13(2)19(18)20(24)14-7-5-4-6-8-14/h4-11H,1H2,2-3H3. The summed E-state index contributed by atoms with van der Waals surface area (Å²) in [5.74, 6) is -0.850. The number of methoxy groups -OCH3 is 1. The van der Waals surface area contributed by atoms with Gasteiger partial charge < -0.3 is 4.74 Å². The van der Waals surface area contributed by atoms with Crippen LogP contribution in [0.3, 0.4) is 0 Å². The molecule has 4 nitrogen and oxygen atoms in total. The highest BCUT2D eigenvalue weighted by atomic mass is 35.5. The van der Waals surface area contributed by atoms with Gasteiger partial charge in [-0.25, -0.2) is 4.79 Å². The summed E-state index contributed by atoms with van der Waals surface area (Å²) in [5, 5.41) is 1.05. The van der Waals surface area contributed by atoms with Crippen LogP contribution in [0.25, 0.3) is 16.5 Å². The number of halogens is 1. The molecule has 130 valence electrons. The molecule has 2 aromatic carbocycles. The van der Waals surface area contributed by atoms with E-state index in [9.17, 15) is 9.59 Å². The molecular weight excluding hydrogens is 350 g/mol. The molecule has 5 heteroatoms. The number of hydrogen-bond donors (Lipinski definition) is 0. The van der Waals surface area contributed by atoms with Crippen molar-refractivity contribution in [1.82, 2.24) is 4.98 Å². The largest absolute Gasteiger partial charge is 0.465 e. The van der Waals surface area contributed by atoms with E-state index in [4.69, 9.17) is 16.3 Å². The molecule has 26 heavy (non-hydrogen) atoms. The Balaban J connectivity index is 2.37. The van der Waals surface area contributed by atoms with Gasteiger partial charge in [0.15, 0.2) is 5.78 Å². The number of nitrogens with zero attached hydrogens (tertiary/aromatic N) is 1. The number of fused-ring (bicyclic) bond motifs is 1. The molecule has 0 spiro atoms. The Morgan fingerprint density at radius 3 is 2.42 bits per heavy atom. The Hall–Kier alpha value is -2.98. The van der Waals surface area contributed by atoms with E-state index in [1.807, 2.05) is 6.07 Å². The van der Waals surface area contributed by atoms with Crippen LogP contribution in [0.1, 0.15) is 27.2 Å². The molecule has 0 unspecified atom stereocenters. The van der Waals surface area contributed by atoms with E-state index in [0.717, 1.165) is 0 Å². The summed E-state index contributed by atoms with van der Waals surface area (Å²) in [4.78, 5) is 29.9. The Morgan fingerprint density at radius 1 is 1.08 bits per heavy atom. The molecule has 0 saturated carbocycles. The van der Waals surface area contributed by atoms with Gasteiger partial charge in [-0.1, -0.05) is 48.5 Å². The molecule has 0 aliphatic heterocycles. The van der Waals surface area contributed by atoms with Crippen molar-refractivity contribution < 1.29 is 14.3 Å². The topological polar surface area (TPSA) is 56.3 Å². The third-order valence-corrected chi connectivity index (χ3v) is 4.36. The van der Waals surface area contributed by atoms with Crippen LogP contribution in [0, 0.1) is 6.92 Å². The van der Waals surface area contributed by atoms with Gasteiger partial charge in [0.1, 0.15) is 0 Å². The molecule has 0 amide bonds. The number of pyridine rings is 1. The first kappa shape index (κ1) is 17.8. The average molecular weight is 366 g/mol. The van der Waals surface area contributed by atoms with Crippen LogP contribution >= 0.6 is 11.6 Å². The van der Waals surface area contributed by atoms with Gasteiger partial charge >= 0.3 is 5.97 Å². The second-order valence-corrected chi connectivity index (χ2v) is 6.21. The fraction of sp³-hybridized carbons (Fsp3) is 0.0952. The van der Waals surface area contributed by atoms with Crippen molar-refractivity contribution in [3.8, 4) is 0 Å². The molecule has 3 aromatic rings. The lowest BCUT2D eigenvalue weighted by Gasteiger charge is -2.16. The van der Waals surface area contributed by atoms with Crippen molar-refractivity contribution in [3.63, 3.8) is 0 Å². The molecule has 0 atom stereocenters. The van der Waals surface area contributed by atoms with E-state index >= 15 is 0 Å². The van der Waals surface area contributed by atoms with Gasteiger partial charge in [-0.3, -0.25) is 9.78 Å². The second-order valence-electron chi connectivity index (χ2n) is 5.77. The lowest BCUT2D eigenvalue weighted by molar-refractivity contribution is -0.133. The fourth-order valence-corrected chi connectivity index (χ4v) is 3.08. The van der Waals surface area contributed by atoms with E-state index in [1.54, 1.807) is 49.4 Å². The van der Waals surface area contributed by atoms with Crippen molar-refractivity contribution in [1.29, 1.82) is 0 Å². The highest BCUT2D eigenvalue weighted by Gasteiger charge is 2.25. The zero-order valence-corrected chi connectivity index (χ0v) is 15.1. The zero-order valence-electron chi connectivity index (χ0n) is 14.4. The van der Waals surface area contributed by atoms with Crippen molar-refractivity contribution in [3.05, 3.63) is 82.5 Å². The predicted molar refractivity (Wildman–Crippen MR) is 102 cm³/mol. The van der Waals surface area contributed by atoms with E-state index < -0.39 is 5.97 Å². The molecule has 0 N–H and O–H groups in total. The number of rotatable bonds is 4. The first-order valence-corrected chi connectivity index (χ1v) is 8.29. The second kappa shape index (κ2) is 7.10. The number of carbonyl (C=O) groups excluding carboxylic acids is 2. The monoisotopic (exact) mass is 365 g/mol. The normalized spacial score (nSPS) is 10.6. The average Bonchev–Trinajstić information content (AvgIpc) is 2.66. The lowest BCUT2D eigenvalue weighted by Crippen LogP contribution is -2.13. The summed E-state index contributed by atoms with van der Waals surface area (Å²) in [5.41, 5.74) is 2.43. The molecule has 0 saturated heterocycles. The van der Waals surface area contributed by atoms with Gasteiger partial charge in [0.2, 0.25) is 0 Å². The highest BCUT2D eigenvalue weighted by molar-refractivity contribution is 6.32. The van der Waals surface area contributed by atoms with Crippen LogP contribution in [0.15, 0.2) is 55.1 Å². The summed E-state index contributed by atoms with van der Waals surface area (Å²) in [6, 6.07) is 14.0. The Bertz CT molecular complexity index is 1040. The highest BCUT2D eigenvalue weighted by Crippen LogP contribution is 2.32. The van der Waals surface area contributed by atoms with Gasteiger partial charge in [-0.15, -0.1) is 0 Å². The summed E-state index contributed by atoms with van der Waals surface area (Å²) in [6.45, 7) is 5.59. The molecule has 1 aromatic heterocycles. The number of ether oxygens (including phenoxy) is 1. The quantitative estimate of drug-likeness (QED) is 0.385. The van der Waals surface area contributed by atoms with Crippen molar-refractivity contribution in [2.45, 2.75) is 6.92 Å². The number of aromatic nitrogens is 1. The SMILES string of the molecule is C=C(C(=O)OC)c1c(C(=O)c2ccccc2)c(C)nc2ccc(Cl)cc12. The van der Waals surface area contributed by atoms with Gasteiger partial charge in [0.25, 0.3) is 0 Å². The molecule has 3 rings (SSSR count). The zero-order chi connectivity index (χ0) is 18.8. The number of hydrogen-bond acceptors (Lipinski definition) is 4. The van der Waals surface area contributed by atoms with Gasteiger partial charge in [-0.05, 0) is 25.1 Å². The molecular formula is C21H16ClNO3. The van der Waals surface area contributed by atoms with Crippen LogP contribution in [0.4, 0.5) is 0 Å². The number of ketones is 1. The molecule has 0 fully saturated rings. The first-order valence-electron chi connectivity index (χ1n) is 7.91.